The summed E-state index contributed by atoms with van der Waals surface area (Å²) in [6, 6.07) is 6.14. The summed E-state index contributed by atoms with van der Waals surface area (Å²) >= 11 is 0. The molecule has 4 heteroatoms. The fraction of sp³-hybridized carbons (Fsp3) is 0.588. The van der Waals surface area contributed by atoms with Crippen LogP contribution < -0.4 is 16.0 Å². The van der Waals surface area contributed by atoms with Crippen LogP contribution in [0.15, 0.2) is 18.2 Å². The molecule has 1 aromatic carbocycles. The second kappa shape index (κ2) is 5.58. The third-order valence-corrected chi connectivity index (χ3v) is 4.86. The number of anilines is 2. The van der Waals surface area contributed by atoms with E-state index >= 15 is 0 Å². The van der Waals surface area contributed by atoms with E-state index in [9.17, 15) is 4.79 Å². The lowest BCUT2D eigenvalue weighted by Gasteiger charge is -2.39. The Morgan fingerprint density at radius 3 is 2.86 bits per heavy atom. The number of benzene rings is 1. The molecule has 21 heavy (non-hydrogen) atoms. The average Bonchev–Trinajstić information content (AvgIpc) is 2.48. The van der Waals surface area contributed by atoms with E-state index in [1.807, 2.05) is 18.2 Å². The van der Waals surface area contributed by atoms with Crippen LogP contribution in [0.1, 0.15) is 49.9 Å². The van der Waals surface area contributed by atoms with Crippen molar-refractivity contribution < 1.29 is 4.79 Å². The molecule has 1 saturated carbocycles. The maximum Gasteiger partial charge on any atom is 0.253 e. The highest BCUT2D eigenvalue weighted by atomic mass is 16.1. The predicted octanol–water partition coefficient (Wildman–Crippen LogP) is 3.22. The van der Waals surface area contributed by atoms with E-state index in [4.69, 9.17) is 0 Å². The van der Waals surface area contributed by atoms with Gasteiger partial charge in [0.15, 0.2) is 0 Å². The van der Waals surface area contributed by atoms with Gasteiger partial charge in [-0.3, -0.25) is 4.79 Å². The summed E-state index contributed by atoms with van der Waals surface area (Å²) < 4.78 is 0. The number of nitrogens with one attached hydrogen (secondary N) is 3. The van der Waals surface area contributed by atoms with E-state index < -0.39 is 0 Å². The van der Waals surface area contributed by atoms with Crippen LogP contribution in [0.2, 0.25) is 0 Å². The van der Waals surface area contributed by atoms with Gasteiger partial charge in [-0.2, -0.15) is 0 Å². The van der Waals surface area contributed by atoms with E-state index in [-0.39, 0.29) is 17.4 Å². The Morgan fingerprint density at radius 2 is 2.05 bits per heavy atom. The first-order valence-electron chi connectivity index (χ1n) is 7.99. The molecule has 0 bridgehead atoms. The zero-order chi connectivity index (χ0) is 14.9. The molecule has 3 N–H and O–H groups in total. The molecule has 2 aliphatic rings. The first-order chi connectivity index (χ1) is 10.1. The predicted molar refractivity (Wildman–Crippen MR) is 86.9 cm³/mol. The van der Waals surface area contributed by atoms with Gasteiger partial charge in [0, 0.05) is 19.1 Å². The van der Waals surface area contributed by atoms with E-state index in [0.717, 1.165) is 36.4 Å². The van der Waals surface area contributed by atoms with E-state index in [0.29, 0.717) is 0 Å². The Hall–Kier alpha value is -1.71. The van der Waals surface area contributed by atoms with Gasteiger partial charge in [-0.15, -0.1) is 0 Å². The van der Waals surface area contributed by atoms with Crippen LogP contribution in [0.4, 0.5) is 11.4 Å². The number of carbonyl (C=O) groups excluding carboxylic acids is 1. The molecule has 1 amide bonds. The Bertz CT molecular complexity index is 539. The molecule has 0 aromatic heterocycles. The highest BCUT2D eigenvalue weighted by Crippen LogP contribution is 2.36. The summed E-state index contributed by atoms with van der Waals surface area (Å²) in [5.41, 5.74) is 2.90. The normalized spacial score (nSPS) is 23.4. The zero-order valence-electron chi connectivity index (χ0n) is 13.0. The smallest absolute Gasteiger partial charge is 0.253 e. The van der Waals surface area contributed by atoms with Crippen molar-refractivity contribution in [3.63, 3.8) is 0 Å². The maximum atomic E-state index is 12.7. The first-order valence-corrected chi connectivity index (χ1v) is 7.99. The monoisotopic (exact) mass is 287 g/mol. The third-order valence-electron chi connectivity index (χ3n) is 4.86. The molecule has 0 spiro atoms. The highest BCUT2D eigenvalue weighted by Gasteiger charge is 2.33. The molecule has 1 aliphatic carbocycles. The number of hydrogen-bond acceptors (Lipinski definition) is 3. The minimum Gasteiger partial charge on any atom is -0.382 e. The summed E-state index contributed by atoms with van der Waals surface area (Å²) in [6.45, 7) is 6.27. The Balaban J connectivity index is 1.79. The topological polar surface area (TPSA) is 53.2 Å². The van der Waals surface area contributed by atoms with Crippen molar-refractivity contribution in [1.82, 2.24) is 5.32 Å². The molecule has 0 radical (unpaired) electrons. The van der Waals surface area contributed by atoms with Crippen LogP contribution in [0.5, 0.6) is 0 Å². The summed E-state index contributed by atoms with van der Waals surface area (Å²) in [4.78, 5) is 12.7. The van der Waals surface area contributed by atoms with Gasteiger partial charge in [0.05, 0.1) is 16.9 Å². The quantitative estimate of drug-likeness (QED) is 0.783. The molecular formula is C17H25N3O. The van der Waals surface area contributed by atoms with Gasteiger partial charge in [-0.25, -0.2) is 0 Å². The van der Waals surface area contributed by atoms with Crippen LogP contribution in [-0.4, -0.2) is 25.0 Å². The van der Waals surface area contributed by atoms with Crippen LogP contribution in [-0.2, 0) is 0 Å². The van der Waals surface area contributed by atoms with Crippen LogP contribution in [0, 0.1) is 5.41 Å². The standard InChI is InChI=1S/C17H25N3O/c1-17(2)9-4-3-8-14(17)20-16(21)12-6-5-7-13-15(12)19-11-10-18-13/h5-7,14,18-19H,3-4,8-11H2,1-2H3,(H,20,21). The Kier molecular flexibility index (Phi) is 3.79. The number of fused-ring (bicyclic) bond motifs is 1. The van der Waals surface area contributed by atoms with E-state index in [1.165, 1.54) is 19.3 Å². The highest BCUT2D eigenvalue weighted by molar-refractivity contribution is 6.03. The molecule has 1 aliphatic heterocycles. The Morgan fingerprint density at radius 1 is 1.24 bits per heavy atom. The maximum absolute atomic E-state index is 12.7. The molecule has 1 aromatic rings. The number of amides is 1. The molecule has 4 nitrogen and oxygen atoms in total. The third kappa shape index (κ3) is 2.85. The van der Waals surface area contributed by atoms with Crippen molar-refractivity contribution in [3.05, 3.63) is 23.8 Å². The van der Waals surface area contributed by atoms with Gasteiger partial charge < -0.3 is 16.0 Å². The molecule has 1 atom stereocenters. The minimum absolute atomic E-state index is 0.0445. The van der Waals surface area contributed by atoms with Gasteiger partial charge in [0.2, 0.25) is 0 Å². The molecule has 114 valence electrons. The largest absolute Gasteiger partial charge is 0.382 e. The lowest BCUT2D eigenvalue weighted by atomic mass is 9.73. The van der Waals surface area contributed by atoms with Crippen molar-refractivity contribution in [2.45, 2.75) is 45.6 Å². The summed E-state index contributed by atoms with van der Waals surface area (Å²) in [5.74, 6) is 0.0445. The lowest BCUT2D eigenvalue weighted by molar-refractivity contribution is 0.0854. The SMILES string of the molecule is CC1(C)CCCCC1NC(=O)c1cccc2c1NCCN2. The average molecular weight is 287 g/mol. The first kappa shape index (κ1) is 14.2. The summed E-state index contributed by atoms with van der Waals surface area (Å²) in [6.07, 6.45) is 4.75. The molecule has 1 unspecified atom stereocenters. The summed E-state index contributed by atoms with van der Waals surface area (Å²) in [5, 5.41) is 9.95. The van der Waals surface area contributed by atoms with Gasteiger partial charge in [-0.05, 0) is 30.4 Å². The summed E-state index contributed by atoms with van der Waals surface area (Å²) in [7, 11) is 0. The zero-order valence-corrected chi connectivity index (χ0v) is 13.0. The van der Waals surface area contributed by atoms with Gasteiger partial charge in [-0.1, -0.05) is 32.8 Å². The Labute approximate surface area is 126 Å². The second-order valence-corrected chi connectivity index (χ2v) is 6.84. The number of hydrogen-bond donors (Lipinski definition) is 3. The number of para-hydroxylation sites is 1. The van der Waals surface area contributed by atoms with Crippen LogP contribution in [0.25, 0.3) is 0 Å². The number of rotatable bonds is 2. The van der Waals surface area contributed by atoms with Gasteiger partial charge in [0.1, 0.15) is 0 Å². The second-order valence-electron chi connectivity index (χ2n) is 6.84. The molecule has 1 fully saturated rings. The van der Waals surface area contributed by atoms with E-state index in [1.54, 1.807) is 0 Å². The van der Waals surface area contributed by atoms with Crippen molar-refractivity contribution in [2.24, 2.45) is 5.41 Å². The van der Waals surface area contributed by atoms with Gasteiger partial charge >= 0.3 is 0 Å². The van der Waals surface area contributed by atoms with Crippen molar-refractivity contribution in [1.29, 1.82) is 0 Å². The van der Waals surface area contributed by atoms with Crippen molar-refractivity contribution >= 4 is 17.3 Å². The van der Waals surface area contributed by atoms with Crippen molar-refractivity contribution in [2.75, 3.05) is 23.7 Å². The lowest BCUT2D eigenvalue weighted by Crippen LogP contribution is -2.47. The van der Waals surface area contributed by atoms with Gasteiger partial charge in [0.25, 0.3) is 5.91 Å². The van der Waals surface area contributed by atoms with Crippen molar-refractivity contribution in [3.8, 4) is 0 Å². The fourth-order valence-electron chi connectivity index (χ4n) is 3.46. The fourth-order valence-corrected chi connectivity index (χ4v) is 3.46. The molecule has 1 heterocycles. The van der Waals surface area contributed by atoms with Crippen LogP contribution >= 0.6 is 0 Å². The molecule has 3 rings (SSSR count). The number of carbonyl (C=O) groups is 1. The van der Waals surface area contributed by atoms with Crippen LogP contribution in [0.3, 0.4) is 0 Å². The minimum atomic E-state index is 0.0445. The molecule has 0 saturated heterocycles. The molecular weight excluding hydrogens is 262 g/mol. The van der Waals surface area contributed by atoms with E-state index in [2.05, 4.69) is 29.8 Å².